The van der Waals surface area contributed by atoms with Gasteiger partial charge in [-0.05, 0) is 36.2 Å². The molecule has 4 nitrogen and oxygen atoms in total. The number of nitrogens with one attached hydrogen (secondary N) is 1. The van der Waals surface area contributed by atoms with Crippen molar-refractivity contribution < 1.29 is 14.0 Å². The Morgan fingerprint density at radius 1 is 1.12 bits per heavy atom. The summed E-state index contributed by atoms with van der Waals surface area (Å²) < 4.78 is 12.8. The maximum Gasteiger partial charge on any atom is 0.261 e. The number of rotatable bonds is 7. The quantitative estimate of drug-likeness (QED) is 0.619. The molecule has 24 heavy (non-hydrogen) atoms. The van der Waals surface area contributed by atoms with Crippen LogP contribution in [0.2, 0.25) is 0 Å². The summed E-state index contributed by atoms with van der Waals surface area (Å²) in [7, 11) is 3.66. The highest BCUT2D eigenvalue weighted by Gasteiger charge is 2.12. The molecule has 0 aliphatic rings. The van der Waals surface area contributed by atoms with E-state index in [4.69, 9.17) is 0 Å². The van der Waals surface area contributed by atoms with E-state index in [-0.39, 0.29) is 17.5 Å². The van der Waals surface area contributed by atoms with Gasteiger partial charge in [0, 0.05) is 32.9 Å². The third-order valence-electron chi connectivity index (χ3n) is 3.21. The molecule has 0 aliphatic heterocycles. The molecule has 0 unspecified atom stereocenters. The smallest absolute Gasteiger partial charge is 0.261 e. The standard InChI is InChI=1S/C18H19FN2O2S/c1-21(2)12-10-15(22)16-7-8-17(24-16)18(23)20-11-9-13-3-5-14(19)6-4-13/h3-8,10,12H,9,11H2,1-2H3,(H,20,23)/b12-10+. The average molecular weight is 346 g/mol. The fraction of sp³-hybridized carbons (Fsp3) is 0.222. The summed E-state index contributed by atoms with van der Waals surface area (Å²) in [6.07, 6.45) is 3.77. The Hall–Kier alpha value is -2.47. The Kier molecular flexibility index (Phi) is 6.26. The highest BCUT2D eigenvalue weighted by molar-refractivity contribution is 7.16. The van der Waals surface area contributed by atoms with Gasteiger partial charge < -0.3 is 10.2 Å². The van der Waals surface area contributed by atoms with Crippen LogP contribution in [0.1, 0.15) is 24.9 Å². The first-order valence-electron chi connectivity index (χ1n) is 7.47. The molecular weight excluding hydrogens is 327 g/mol. The molecule has 1 heterocycles. The SMILES string of the molecule is CN(C)/C=C/C(=O)c1ccc(C(=O)NCCc2ccc(F)cc2)s1. The maximum atomic E-state index is 12.8. The van der Waals surface area contributed by atoms with E-state index < -0.39 is 0 Å². The number of carbonyl (C=O) groups excluding carboxylic acids is 2. The van der Waals surface area contributed by atoms with Gasteiger partial charge in [-0.2, -0.15) is 0 Å². The van der Waals surface area contributed by atoms with Crippen molar-refractivity contribution >= 4 is 23.0 Å². The molecule has 1 aromatic heterocycles. The van der Waals surface area contributed by atoms with E-state index in [9.17, 15) is 14.0 Å². The van der Waals surface area contributed by atoms with Crippen molar-refractivity contribution in [3.63, 3.8) is 0 Å². The number of benzene rings is 1. The predicted molar refractivity (Wildman–Crippen MR) is 93.9 cm³/mol. The van der Waals surface area contributed by atoms with Crippen LogP contribution in [-0.2, 0) is 6.42 Å². The van der Waals surface area contributed by atoms with Gasteiger partial charge in [-0.15, -0.1) is 11.3 Å². The molecule has 0 radical (unpaired) electrons. The van der Waals surface area contributed by atoms with Crippen molar-refractivity contribution in [2.75, 3.05) is 20.6 Å². The van der Waals surface area contributed by atoms with Gasteiger partial charge in [-0.25, -0.2) is 4.39 Å². The van der Waals surface area contributed by atoms with Crippen LogP contribution in [-0.4, -0.2) is 37.2 Å². The van der Waals surface area contributed by atoms with E-state index in [1.165, 1.54) is 29.5 Å². The molecule has 1 N–H and O–H groups in total. The molecule has 0 spiro atoms. The van der Waals surface area contributed by atoms with Crippen LogP contribution in [0.15, 0.2) is 48.7 Å². The van der Waals surface area contributed by atoms with Gasteiger partial charge in [-0.1, -0.05) is 12.1 Å². The Morgan fingerprint density at radius 2 is 1.79 bits per heavy atom. The lowest BCUT2D eigenvalue weighted by Gasteiger charge is -2.04. The molecule has 2 aromatic rings. The summed E-state index contributed by atoms with van der Waals surface area (Å²) in [5, 5.41) is 2.80. The Morgan fingerprint density at radius 3 is 2.46 bits per heavy atom. The minimum atomic E-state index is -0.276. The first kappa shape index (κ1) is 17.9. The molecule has 2 rings (SSSR count). The normalized spacial score (nSPS) is 10.8. The average Bonchev–Trinajstić information content (AvgIpc) is 3.04. The van der Waals surface area contributed by atoms with Crippen molar-refractivity contribution in [1.29, 1.82) is 0 Å². The predicted octanol–water partition coefficient (Wildman–Crippen LogP) is 3.12. The highest BCUT2D eigenvalue weighted by atomic mass is 32.1. The van der Waals surface area contributed by atoms with Crippen molar-refractivity contribution in [2.24, 2.45) is 0 Å². The van der Waals surface area contributed by atoms with Gasteiger partial charge in [0.2, 0.25) is 0 Å². The van der Waals surface area contributed by atoms with E-state index in [1.54, 1.807) is 35.4 Å². The highest BCUT2D eigenvalue weighted by Crippen LogP contribution is 2.17. The summed E-state index contributed by atoms with van der Waals surface area (Å²) in [5.74, 6) is -0.612. The monoisotopic (exact) mass is 346 g/mol. The summed E-state index contributed by atoms with van der Waals surface area (Å²) in [4.78, 5) is 26.8. The van der Waals surface area contributed by atoms with Crippen LogP contribution in [0.4, 0.5) is 4.39 Å². The Balaban J connectivity index is 1.86. The Labute approximate surface area is 144 Å². The molecule has 0 aliphatic carbocycles. The number of carbonyl (C=O) groups is 2. The molecule has 0 bridgehead atoms. The van der Waals surface area contributed by atoms with Crippen LogP contribution in [0, 0.1) is 5.82 Å². The van der Waals surface area contributed by atoms with Crippen LogP contribution in [0.3, 0.4) is 0 Å². The van der Waals surface area contributed by atoms with E-state index >= 15 is 0 Å². The van der Waals surface area contributed by atoms with Crippen molar-refractivity contribution in [1.82, 2.24) is 10.2 Å². The zero-order valence-corrected chi connectivity index (χ0v) is 14.4. The fourth-order valence-corrected chi connectivity index (χ4v) is 2.79. The number of hydrogen-bond acceptors (Lipinski definition) is 4. The van der Waals surface area contributed by atoms with Gasteiger partial charge >= 0.3 is 0 Å². The van der Waals surface area contributed by atoms with E-state index in [1.807, 2.05) is 14.1 Å². The molecule has 126 valence electrons. The van der Waals surface area contributed by atoms with Crippen molar-refractivity contribution in [3.8, 4) is 0 Å². The molecule has 1 aromatic carbocycles. The van der Waals surface area contributed by atoms with Gasteiger partial charge in [0.05, 0.1) is 9.75 Å². The van der Waals surface area contributed by atoms with Crippen LogP contribution < -0.4 is 5.32 Å². The molecule has 0 fully saturated rings. The lowest BCUT2D eigenvalue weighted by Crippen LogP contribution is -2.24. The summed E-state index contributed by atoms with van der Waals surface area (Å²) in [5.41, 5.74) is 0.951. The minimum absolute atomic E-state index is 0.126. The topological polar surface area (TPSA) is 49.4 Å². The number of allylic oxidation sites excluding steroid dienone is 1. The molecular formula is C18H19FN2O2S. The van der Waals surface area contributed by atoms with E-state index in [0.717, 1.165) is 5.56 Å². The third-order valence-corrected chi connectivity index (χ3v) is 4.31. The second-order valence-electron chi connectivity index (χ2n) is 5.44. The second kappa shape index (κ2) is 8.40. The van der Waals surface area contributed by atoms with E-state index in [0.29, 0.717) is 22.7 Å². The first-order valence-corrected chi connectivity index (χ1v) is 8.29. The van der Waals surface area contributed by atoms with Gasteiger partial charge in [0.1, 0.15) is 5.82 Å². The number of amides is 1. The Bertz CT molecular complexity index is 736. The van der Waals surface area contributed by atoms with Crippen molar-refractivity contribution in [2.45, 2.75) is 6.42 Å². The maximum absolute atomic E-state index is 12.8. The first-order chi connectivity index (χ1) is 11.5. The summed E-state index contributed by atoms with van der Waals surface area (Å²) in [6, 6.07) is 9.49. The molecule has 0 atom stereocenters. The largest absolute Gasteiger partial charge is 0.383 e. The van der Waals surface area contributed by atoms with Crippen LogP contribution in [0.5, 0.6) is 0 Å². The zero-order valence-electron chi connectivity index (χ0n) is 13.6. The number of nitrogens with zero attached hydrogens (tertiary/aromatic N) is 1. The van der Waals surface area contributed by atoms with Gasteiger partial charge in [0.25, 0.3) is 5.91 Å². The third kappa shape index (κ3) is 5.31. The molecule has 1 amide bonds. The van der Waals surface area contributed by atoms with E-state index in [2.05, 4.69) is 5.32 Å². The summed E-state index contributed by atoms with van der Waals surface area (Å²) >= 11 is 1.17. The molecule has 0 saturated carbocycles. The summed E-state index contributed by atoms with van der Waals surface area (Å²) in [6.45, 7) is 0.451. The van der Waals surface area contributed by atoms with Crippen molar-refractivity contribution in [3.05, 3.63) is 69.8 Å². The second-order valence-corrected chi connectivity index (χ2v) is 6.52. The number of ketones is 1. The number of halogens is 1. The molecule has 6 heteroatoms. The lowest BCUT2D eigenvalue weighted by atomic mass is 10.1. The number of hydrogen-bond donors (Lipinski definition) is 1. The van der Waals surface area contributed by atoms with Crippen LogP contribution >= 0.6 is 11.3 Å². The zero-order chi connectivity index (χ0) is 17.5. The van der Waals surface area contributed by atoms with Gasteiger partial charge in [0.15, 0.2) is 5.78 Å². The molecule has 0 saturated heterocycles. The van der Waals surface area contributed by atoms with Crippen LogP contribution in [0.25, 0.3) is 0 Å². The van der Waals surface area contributed by atoms with Gasteiger partial charge in [-0.3, -0.25) is 9.59 Å². The number of thiophene rings is 1. The fourth-order valence-electron chi connectivity index (χ4n) is 1.95. The minimum Gasteiger partial charge on any atom is -0.383 e. The lowest BCUT2D eigenvalue weighted by molar-refractivity contribution is 0.0957.